The number of benzene rings is 1. The van der Waals surface area contributed by atoms with Crippen molar-refractivity contribution in [1.82, 2.24) is 0 Å². The van der Waals surface area contributed by atoms with Crippen molar-refractivity contribution >= 4 is 6.08 Å². The molecule has 1 aliphatic rings. The van der Waals surface area contributed by atoms with E-state index >= 15 is 0 Å². The third-order valence-electron chi connectivity index (χ3n) is 6.13. The van der Waals surface area contributed by atoms with E-state index in [9.17, 15) is 0 Å². The van der Waals surface area contributed by atoms with Gasteiger partial charge in [0, 0.05) is 5.54 Å². The molecule has 1 nitrogen and oxygen atoms in total. The van der Waals surface area contributed by atoms with Gasteiger partial charge in [0.15, 0.2) is 0 Å². The van der Waals surface area contributed by atoms with Gasteiger partial charge in [-0.15, -0.1) is 0 Å². The maximum atomic E-state index is 6.35. The minimum atomic E-state index is -0.108. The summed E-state index contributed by atoms with van der Waals surface area (Å²) >= 11 is 0. The third-order valence-corrected chi connectivity index (χ3v) is 6.13. The van der Waals surface area contributed by atoms with E-state index in [2.05, 4.69) is 95.0 Å². The van der Waals surface area contributed by atoms with Crippen molar-refractivity contribution in [2.45, 2.75) is 78.2 Å². The quantitative estimate of drug-likeness (QED) is 0.362. The molecule has 1 aromatic carbocycles. The normalized spacial score (nSPS) is 17.0. The lowest BCUT2D eigenvalue weighted by atomic mass is 9.90. The summed E-state index contributed by atoms with van der Waals surface area (Å²) in [5.41, 5.74) is 14.3. The number of hydrogen-bond acceptors (Lipinski definition) is 1. The SMILES string of the molecule is C=C/C=C(\C=C(\C)Cc1cc(/C=C/CC2=CCCC=C2)ccc1C)CCC(C)(N)CC. The van der Waals surface area contributed by atoms with E-state index < -0.39 is 0 Å². The summed E-state index contributed by atoms with van der Waals surface area (Å²) < 4.78 is 0. The molecule has 0 radical (unpaired) electrons. The smallest absolute Gasteiger partial charge is 0.0126 e. The minimum absolute atomic E-state index is 0.108. The predicted molar refractivity (Wildman–Crippen MR) is 139 cm³/mol. The molecule has 1 heteroatoms. The molecule has 2 N–H and O–H groups in total. The summed E-state index contributed by atoms with van der Waals surface area (Å²) in [5.74, 6) is 0. The molecule has 0 aromatic heterocycles. The summed E-state index contributed by atoms with van der Waals surface area (Å²) in [6, 6.07) is 6.79. The van der Waals surface area contributed by atoms with Gasteiger partial charge < -0.3 is 5.73 Å². The van der Waals surface area contributed by atoms with Crippen LogP contribution in [0.15, 0.2) is 84.0 Å². The van der Waals surface area contributed by atoms with Gasteiger partial charge in [-0.3, -0.25) is 0 Å². The van der Waals surface area contributed by atoms with Gasteiger partial charge in [0.25, 0.3) is 0 Å². The summed E-state index contributed by atoms with van der Waals surface area (Å²) in [6.45, 7) is 12.6. The van der Waals surface area contributed by atoms with Gasteiger partial charge in [-0.2, -0.15) is 0 Å². The lowest BCUT2D eigenvalue weighted by Crippen LogP contribution is -2.34. The van der Waals surface area contributed by atoms with Crippen LogP contribution in [0.4, 0.5) is 0 Å². The average molecular weight is 416 g/mol. The average Bonchev–Trinajstić information content (AvgIpc) is 2.75. The van der Waals surface area contributed by atoms with E-state index in [4.69, 9.17) is 5.73 Å². The van der Waals surface area contributed by atoms with Gasteiger partial charge in [-0.25, -0.2) is 0 Å². The van der Waals surface area contributed by atoms with Gasteiger partial charge in [-0.1, -0.05) is 85.9 Å². The Morgan fingerprint density at radius 3 is 2.74 bits per heavy atom. The number of nitrogens with two attached hydrogens (primary N) is 1. The molecule has 31 heavy (non-hydrogen) atoms. The Morgan fingerprint density at radius 2 is 2.06 bits per heavy atom. The predicted octanol–water partition coefficient (Wildman–Crippen LogP) is 8.18. The van der Waals surface area contributed by atoms with Gasteiger partial charge in [-0.05, 0) is 93.6 Å². The Morgan fingerprint density at radius 1 is 1.26 bits per heavy atom. The first kappa shape index (κ1) is 24.9. The molecule has 0 fully saturated rings. The van der Waals surface area contributed by atoms with E-state index in [1.165, 1.54) is 46.3 Å². The molecule has 0 saturated heterocycles. The maximum absolute atomic E-state index is 6.35. The van der Waals surface area contributed by atoms with Crippen LogP contribution in [0.3, 0.4) is 0 Å². The van der Waals surface area contributed by atoms with Crippen LogP contribution >= 0.6 is 0 Å². The van der Waals surface area contributed by atoms with Crippen LogP contribution in [-0.2, 0) is 6.42 Å². The summed E-state index contributed by atoms with van der Waals surface area (Å²) in [5, 5.41) is 0. The molecule has 0 saturated carbocycles. The zero-order valence-electron chi connectivity index (χ0n) is 20.1. The van der Waals surface area contributed by atoms with Crippen molar-refractivity contribution in [2.24, 2.45) is 5.73 Å². The topological polar surface area (TPSA) is 26.0 Å². The van der Waals surface area contributed by atoms with Crippen molar-refractivity contribution in [2.75, 3.05) is 0 Å². The highest BCUT2D eigenvalue weighted by Gasteiger charge is 2.15. The number of hydrogen-bond donors (Lipinski definition) is 1. The van der Waals surface area contributed by atoms with Crippen LogP contribution in [0.5, 0.6) is 0 Å². The molecule has 1 aromatic rings. The van der Waals surface area contributed by atoms with Gasteiger partial charge in [0.05, 0.1) is 0 Å². The zero-order chi connectivity index (χ0) is 22.7. The lowest BCUT2D eigenvalue weighted by Gasteiger charge is -2.22. The van der Waals surface area contributed by atoms with E-state index in [1.54, 1.807) is 0 Å². The Bertz CT molecular complexity index is 887. The zero-order valence-corrected chi connectivity index (χ0v) is 20.1. The molecule has 0 spiro atoms. The second-order valence-corrected chi connectivity index (χ2v) is 9.20. The van der Waals surface area contributed by atoms with Crippen LogP contribution in [0.1, 0.15) is 76.0 Å². The molecule has 1 unspecified atom stereocenters. The van der Waals surface area contributed by atoms with Crippen molar-refractivity contribution in [3.8, 4) is 0 Å². The fourth-order valence-corrected chi connectivity index (χ4v) is 3.77. The lowest BCUT2D eigenvalue weighted by molar-refractivity contribution is 0.419. The van der Waals surface area contributed by atoms with E-state index in [-0.39, 0.29) is 5.54 Å². The molecular formula is C30H41N. The summed E-state index contributed by atoms with van der Waals surface area (Å²) in [4.78, 5) is 0. The number of aryl methyl sites for hydroxylation is 1. The Balaban J connectivity index is 2.06. The van der Waals surface area contributed by atoms with E-state index in [0.717, 1.165) is 32.1 Å². The maximum Gasteiger partial charge on any atom is 0.0126 e. The van der Waals surface area contributed by atoms with E-state index in [0.29, 0.717) is 0 Å². The van der Waals surface area contributed by atoms with Gasteiger partial charge >= 0.3 is 0 Å². The molecule has 1 atom stereocenters. The number of rotatable bonds is 11. The highest BCUT2D eigenvalue weighted by atomic mass is 14.7. The molecular weight excluding hydrogens is 374 g/mol. The Kier molecular flexibility index (Phi) is 10.0. The van der Waals surface area contributed by atoms with Crippen LogP contribution in [-0.4, -0.2) is 5.54 Å². The van der Waals surface area contributed by atoms with E-state index in [1.807, 2.05) is 6.08 Å². The largest absolute Gasteiger partial charge is 0.325 e. The molecule has 0 amide bonds. The molecule has 166 valence electrons. The minimum Gasteiger partial charge on any atom is -0.325 e. The van der Waals surface area contributed by atoms with Crippen molar-refractivity contribution in [3.05, 3.63) is 101 Å². The Labute approximate surface area is 190 Å². The van der Waals surface area contributed by atoms with Crippen LogP contribution in [0, 0.1) is 6.92 Å². The fourth-order valence-electron chi connectivity index (χ4n) is 3.77. The van der Waals surface area contributed by atoms with Crippen LogP contribution in [0.2, 0.25) is 0 Å². The molecule has 1 aliphatic carbocycles. The van der Waals surface area contributed by atoms with Crippen molar-refractivity contribution in [3.63, 3.8) is 0 Å². The number of allylic oxidation sites excluding steroid dienone is 10. The first-order valence-corrected chi connectivity index (χ1v) is 11.7. The summed E-state index contributed by atoms with van der Waals surface area (Å²) in [6.07, 6.45) is 25.0. The summed E-state index contributed by atoms with van der Waals surface area (Å²) in [7, 11) is 0. The Hall–Kier alpha value is -2.38. The molecule has 0 aliphatic heterocycles. The molecule has 2 rings (SSSR count). The van der Waals surface area contributed by atoms with Crippen LogP contribution < -0.4 is 5.73 Å². The standard InChI is InChI=1S/C30H41N/c1-6-12-27(19-20-30(5,31)7-2)21-24(3)22-29-23-28(18-17-25(29)4)16-11-15-26-13-9-8-10-14-26/h6,9,11-14,16-18,21,23H,1,7-8,10,15,19-20,22,31H2,2-5H3/b16-11+,24-21-,27-12-. The van der Waals surface area contributed by atoms with Crippen LogP contribution in [0.25, 0.3) is 6.08 Å². The highest BCUT2D eigenvalue weighted by Crippen LogP contribution is 2.22. The van der Waals surface area contributed by atoms with Crippen molar-refractivity contribution < 1.29 is 0 Å². The molecule has 0 heterocycles. The molecule has 0 bridgehead atoms. The third kappa shape index (κ3) is 9.11. The van der Waals surface area contributed by atoms with Gasteiger partial charge in [0.2, 0.25) is 0 Å². The first-order chi connectivity index (χ1) is 14.8. The fraction of sp³-hybridized carbons (Fsp3) is 0.400. The highest BCUT2D eigenvalue weighted by molar-refractivity contribution is 5.53. The first-order valence-electron chi connectivity index (χ1n) is 11.7. The monoisotopic (exact) mass is 415 g/mol. The van der Waals surface area contributed by atoms with Crippen molar-refractivity contribution in [1.29, 1.82) is 0 Å². The second-order valence-electron chi connectivity index (χ2n) is 9.20. The van der Waals surface area contributed by atoms with Gasteiger partial charge in [0.1, 0.15) is 0 Å². The second kappa shape index (κ2) is 12.5.